The smallest absolute Gasteiger partial charge is 0.469 e. The monoisotopic (exact) mass is 973 g/mol. The molecular weight excluding hydrogens is 918 g/mol. The van der Waals surface area contributed by atoms with Crippen molar-refractivity contribution in [2.45, 2.75) is 101 Å². The number of rotatable bonds is 24. The van der Waals surface area contributed by atoms with Crippen LogP contribution in [0.1, 0.15) is 82.7 Å². The summed E-state index contributed by atoms with van der Waals surface area (Å²) in [5, 5.41) is 28.1. The van der Waals surface area contributed by atoms with Crippen LogP contribution < -0.4 is 37.0 Å². The zero-order valence-electron chi connectivity index (χ0n) is 36.9. The van der Waals surface area contributed by atoms with E-state index in [1.165, 1.54) is 22.9 Å². The number of phosphoric ester groups is 1. The highest BCUT2D eigenvalue weighted by Crippen LogP contribution is 2.39. The molecule has 6 rings (SSSR count). The summed E-state index contributed by atoms with van der Waals surface area (Å²) in [4.78, 5) is 68.8. The highest BCUT2D eigenvalue weighted by molar-refractivity contribution is 7.85. The van der Waals surface area contributed by atoms with Crippen molar-refractivity contribution < 1.29 is 60.6 Å². The van der Waals surface area contributed by atoms with Crippen molar-refractivity contribution in [2.75, 3.05) is 48.7 Å². The molecule has 1 saturated heterocycles. The first-order chi connectivity index (χ1) is 31.9. The Balaban J connectivity index is 0.936. The quantitative estimate of drug-likeness (QED) is 0.0144. The van der Waals surface area contributed by atoms with Crippen molar-refractivity contribution in [1.29, 1.82) is 0 Å². The highest BCUT2D eigenvalue weighted by Gasteiger charge is 2.46. The number of hydrogen-bond donors (Lipinski definition) is 8. The van der Waals surface area contributed by atoms with Crippen molar-refractivity contribution in [2.24, 2.45) is 0 Å². The summed E-state index contributed by atoms with van der Waals surface area (Å²) in [6.07, 6.45) is 3.46. The van der Waals surface area contributed by atoms with E-state index in [0.29, 0.717) is 68.6 Å². The number of nitrogens with zero attached hydrogens (tertiary/aromatic N) is 5. The summed E-state index contributed by atoms with van der Waals surface area (Å²) in [7, 11) is -9.64. The van der Waals surface area contributed by atoms with Gasteiger partial charge in [-0.25, -0.2) is 22.8 Å². The molecular formula is C42H56N9O14PS. The maximum atomic E-state index is 12.9. The number of phosphoric acid groups is 1. The zero-order valence-corrected chi connectivity index (χ0v) is 38.7. The molecule has 5 heterocycles. The van der Waals surface area contributed by atoms with Gasteiger partial charge in [0.1, 0.15) is 45.5 Å². The van der Waals surface area contributed by atoms with Gasteiger partial charge in [0, 0.05) is 68.3 Å². The fourth-order valence-corrected chi connectivity index (χ4v) is 8.53. The molecule has 0 spiro atoms. The molecule has 67 heavy (non-hydrogen) atoms. The number of H-pyrrole nitrogens is 1. The van der Waals surface area contributed by atoms with Crippen molar-refractivity contribution in [3.63, 3.8) is 0 Å². The third-order valence-electron chi connectivity index (χ3n) is 11.2. The first kappa shape index (κ1) is 50.8. The molecule has 1 aromatic carbocycles. The average molecular weight is 974 g/mol. The maximum Gasteiger partial charge on any atom is 0.469 e. The minimum atomic E-state index is -4.91. The normalized spacial score (nSPS) is 17.8. The number of nitrogen functional groups attached to an aromatic ring is 1. The number of carbonyl (C=O) groups is 1. The number of aromatic amines is 1. The van der Waals surface area contributed by atoms with E-state index in [1.807, 2.05) is 32.0 Å². The van der Waals surface area contributed by atoms with Crippen LogP contribution in [0.15, 0.2) is 61.5 Å². The third-order valence-corrected chi connectivity index (χ3v) is 12.5. The molecule has 25 heteroatoms. The fraction of sp³-hybridized carbons (Fsp3) is 0.476. The second kappa shape index (κ2) is 22.5. The van der Waals surface area contributed by atoms with Gasteiger partial charge in [-0.05, 0) is 69.9 Å². The van der Waals surface area contributed by atoms with E-state index in [2.05, 4.69) is 35.0 Å². The highest BCUT2D eigenvalue weighted by atomic mass is 32.2. The van der Waals surface area contributed by atoms with Crippen LogP contribution in [-0.4, -0.2) is 109 Å². The number of carbonyl (C=O) groups excluding carboxylic acids is 1. The van der Waals surface area contributed by atoms with Crippen LogP contribution in [0.3, 0.4) is 0 Å². The number of benzene rings is 1. The van der Waals surface area contributed by atoms with Crippen molar-refractivity contribution in [3.05, 3.63) is 74.6 Å². The summed E-state index contributed by atoms with van der Waals surface area (Å²) in [5.41, 5.74) is 6.62. The minimum Gasteiger partial charge on any atom is -0.744 e. The largest absolute Gasteiger partial charge is 0.744 e. The number of anilines is 3. The van der Waals surface area contributed by atoms with Crippen LogP contribution in [0.4, 0.5) is 17.6 Å². The number of pyridine rings is 1. The number of hydrogen-bond acceptors (Lipinski definition) is 17. The van der Waals surface area contributed by atoms with E-state index in [9.17, 15) is 42.1 Å². The Kier molecular flexibility index (Phi) is 17.1. The maximum absolute atomic E-state index is 12.9. The van der Waals surface area contributed by atoms with Crippen LogP contribution in [0.5, 0.6) is 0 Å². The Bertz CT molecular complexity index is 2840. The van der Waals surface area contributed by atoms with Crippen LogP contribution in [0.2, 0.25) is 0 Å². The van der Waals surface area contributed by atoms with Crippen LogP contribution >= 0.6 is 7.82 Å². The molecule has 0 saturated carbocycles. The molecule has 9 N–H and O–H groups in total. The predicted octanol–water partition coefficient (Wildman–Crippen LogP) is 2.09. The predicted molar refractivity (Wildman–Crippen MR) is 244 cm³/mol. The summed E-state index contributed by atoms with van der Waals surface area (Å²) in [5.74, 6) is -0.294. The van der Waals surface area contributed by atoms with E-state index >= 15 is 0 Å². The Morgan fingerprint density at radius 2 is 1.75 bits per heavy atom. The van der Waals surface area contributed by atoms with Gasteiger partial charge in [-0.2, -0.15) is 9.55 Å². The van der Waals surface area contributed by atoms with Gasteiger partial charge in [-0.15, -0.1) is 0 Å². The molecule has 1 aliphatic heterocycles. The van der Waals surface area contributed by atoms with E-state index in [1.54, 1.807) is 22.8 Å². The molecule has 0 aliphatic carbocycles. The lowest BCUT2D eigenvalue weighted by molar-refractivity contribution is -0.700. The van der Waals surface area contributed by atoms with E-state index in [0.717, 1.165) is 37.0 Å². The number of nitrogens with two attached hydrogens (primary N) is 1. The zero-order chi connectivity index (χ0) is 48.5. The second-order valence-electron chi connectivity index (χ2n) is 15.9. The number of ether oxygens (including phenoxy) is 1. The van der Waals surface area contributed by atoms with Gasteiger partial charge < -0.3 is 55.0 Å². The second-order valence-corrected chi connectivity index (χ2v) is 18.5. The number of aromatic nitrogens is 5. The van der Waals surface area contributed by atoms with E-state index in [-0.39, 0.29) is 40.3 Å². The standard InChI is InChI=1S/C42H56N9O14PS/c1-3-49(4-2)29-16-13-26-22-27(40(56)65-31(26)23-29)14-15-28-17-18-30(67(60,61)62)24-50(28)21-11-7-8-12-33(52)44-19-9-5-6-10-20-45-42-46-34-37(47-41(43)48-38(34)55)51(42)39-36(54)35(53)32(64-39)25-63-66(57,58)59/h13-18,22-24,32,35-36,39,53-54H,3-12,19-21,25H2,1-2H3,(H7-,43,44,45,46,47,48,52,55,57,58,59,60,61,62)/t32-,35-,36-,39-/m1/s1. The Morgan fingerprint density at radius 1 is 1.01 bits per heavy atom. The number of aliphatic hydroxyl groups excluding tert-OH is 2. The van der Waals surface area contributed by atoms with Crippen molar-refractivity contribution in [3.8, 4) is 0 Å². The van der Waals surface area contributed by atoms with Crippen LogP contribution in [0.25, 0.3) is 34.3 Å². The van der Waals surface area contributed by atoms with Crippen molar-refractivity contribution in [1.82, 2.24) is 24.8 Å². The van der Waals surface area contributed by atoms with Crippen molar-refractivity contribution >= 4 is 75.7 Å². The number of amides is 1. The van der Waals surface area contributed by atoms with Gasteiger partial charge in [0.15, 0.2) is 23.6 Å². The van der Waals surface area contributed by atoms with Gasteiger partial charge in [-0.1, -0.05) is 12.8 Å². The van der Waals surface area contributed by atoms with Gasteiger partial charge in [0.05, 0.1) is 12.2 Å². The van der Waals surface area contributed by atoms with E-state index in [4.69, 9.17) is 24.7 Å². The number of fused-ring (bicyclic) bond motifs is 2. The van der Waals surface area contributed by atoms with Gasteiger partial charge in [0.25, 0.3) is 5.56 Å². The molecule has 23 nitrogen and oxygen atoms in total. The number of imidazole rings is 1. The molecule has 364 valence electrons. The van der Waals surface area contributed by atoms with E-state index < -0.39 is 60.3 Å². The molecule has 1 amide bonds. The van der Waals surface area contributed by atoms with Gasteiger partial charge >= 0.3 is 13.4 Å². The SMILES string of the molecule is CCN(CC)c1ccc2cc(/C=C/c3ccc(S(=O)(=O)[O-])c[n+]3CCCCCC(=O)NCCCCCCNc3nc4c(=O)[nH]c(N)nc4n3[C@@H]3O[C@H](COP(=O)(O)O)[C@@H](O)[C@H]3O)c(=O)oc2c1. The summed E-state index contributed by atoms with van der Waals surface area (Å²) in [6.45, 7) is 6.11. The third kappa shape index (κ3) is 13.3. The molecule has 1 fully saturated rings. The molecule has 4 atom stereocenters. The Hall–Kier alpha value is -5.56. The molecule has 0 unspecified atom stereocenters. The summed E-state index contributed by atoms with van der Waals surface area (Å²) >= 11 is 0. The summed E-state index contributed by atoms with van der Waals surface area (Å²) < 4.78 is 65.4. The number of aliphatic hydroxyl groups is 2. The lowest BCUT2D eigenvalue weighted by Crippen LogP contribution is -2.37. The number of aryl methyl sites for hydroxylation is 1. The van der Waals surface area contributed by atoms with Crippen LogP contribution in [-0.2, 0) is 35.3 Å². The molecule has 0 radical (unpaired) electrons. The first-order valence-electron chi connectivity index (χ1n) is 21.9. The Labute approximate surface area is 384 Å². The lowest BCUT2D eigenvalue weighted by Gasteiger charge is -2.20. The van der Waals surface area contributed by atoms with Crippen LogP contribution in [0, 0.1) is 0 Å². The minimum absolute atomic E-state index is 0.0629. The Morgan fingerprint density at radius 3 is 2.46 bits per heavy atom. The lowest BCUT2D eigenvalue weighted by atomic mass is 10.1. The summed E-state index contributed by atoms with van der Waals surface area (Å²) in [6, 6.07) is 10.1. The number of nitrogens with one attached hydrogen (secondary N) is 3. The fourth-order valence-electron chi connectivity index (χ4n) is 7.70. The number of unbranched alkanes of at least 4 members (excludes halogenated alkanes) is 5. The molecule has 4 aromatic heterocycles. The first-order valence-corrected chi connectivity index (χ1v) is 24.8. The van der Waals surface area contributed by atoms with Gasteiger partial charge in [0.2, 0.25) is 23.5 Å². The molecule has 5 aromatic rings. The average Bonchev–Trinajstić information content (AvgIpc) is 3.77. The molecule has 0 bridgehead atoms. The topological polar surface area (TPSA) is 342 Å². The molecule has 1 aliphatic rings. The van der Waals surface area contributed by atoms with Gasteiger partial charge in [-0.3, -0.25) is 23.7 Å².